The van der Waals surface area contributed by atoms with Gasteiger partial charge in [-0.3, -0.25) is 13.9 Å². The van der Waals surface area contributed by atoms with E-state index in [1.165, 1.54) is 23.1 Å². The highest BCUT2D eigenvalue weighted by atomic mass is 35.5. The molecule has 10 heteroatoms. The third-order valence-corrected chi connectivity index (χ3v) is 6.68. The van der Waals surface area contributed by atoms with E-state index in [1.54, 1.807) is 6.92 Å². The summed E-state index contributed by atoms with van der Waals surface area (Å²) in [5.74, 6) is -0.904. The molecular formula is C24H31Cl2N3O4S. The Kier molecular flexibility index (Phi) is 9.02. The molecule has 7 nitrogen and oxygen atoms in total. The maximum atomic E-state index is 13.5. The number of carbonyl (C=O) groups is 2. The summed E-state index contributed by atoms with van der Waals surface area (Å²) >= 11 is 12.3. The van der Waals surface area contributed by atoms with Gasteiger partial charge < -0.3 is 10.2 Å². The van der Waals surface area contributed by atoms with Crippen molar-refractivity contribution in [3.8, 4) is 0 Å². The number of halogens is 2. The Bertz CT molecular complexity index is 1150. The van der Waals surface area contributed by atoms with E-state index >= 15 is 0 Å². The predicted molar refractivity (Wildman–Crippen MR) is 138 cm³/mol. The van der Waals surface area contributed by atoms with Crippen LogP contribution in [-0.2, 0) is 26.2 Å². The zero-order valence-corrected chi connectivity index (χ0v) is 22.6. The molecule has 2 aromatic rings. The summed E-state index contributed by atoms with van der Waals surface area (Å²) < 4.78 is 26.1. The molecule has 2 amide bonds. The molecule has 0 aliphatic heterocycles. The topological polar surface area (TPSA) is 86.8 Å². The van der Waals surface area contributed by atoms with E-state index in [0.29, 0.717) is 0 Å². The number of anilines is 1. The van der Waals surface area contributed by atoms with Gasteiger partial charge in [-0.2, -0.15) is 0 Å². The van der Waals surface area contributed by atoms with Gasteiger partial charge in [0.2, 0.25) is 21.8 Å². The maximum absolute atomic E-state index is 13.5. The van der Waals surface area contributed by atoms with Crippen molar-refractivity contribution in [2.24, 2.45) is 0 Å². The highest BCUT2D eigenvalue weighted by molar-refractivity contribution is 7.92. The number of sulfonamides is 1. The first-order valence-corrected chi connectivity index (χ1v) is 13.3. The van der Waals surface area contributed by atoms with E-state index in [1.807, 2.05) is 52.0 Å². The number of aryl methyl sites for hydroxylation is 1. The Hall–Kier alpha value is -2.29. The average Bonchev–Trinajstić information content (AvgIpc) is 2.70. The quantitative estimate of drug-likeness (QED) is 0.551. The number of hydrogen-bond acceptors (Lipinski definition) is 4. The molecule has 0 fully saturated rings. The van der Waals surface area contributed by atoms with E-state index < -0.39 is 34.1 Å². The minimum Gasteiger partial charge on any atom is -0.350 e. The fourth-order valence-corrected chi connectivity index (χ4v) is 4.51. The highest BCUT2D eigenvalue weighted by Gasteiger charge is 2.32. The molecule has 2 aromatic carbocycles. The average molecular weight is 529 g/mol. The number of nitrogens with one attached hydrogen (secondary N) is 1. The van der Waals surface area contributed by atoms with Crippen LogP contribution in [0.4, 0.5) is 5.69 Å². The van der Waals surface area contributed by atoms with E-state index in [9.17, 15) is 18.0 Å². The summed E-state index contributed by atoms with van der Waals surface area (Å²) in [6, 6.07) is 11.1. The Labute approximate surface area is 212 Å². The van der Waals surface area contributed by atoms with Gasteiger partial charge in [0.05, 0.1) is 17.0 Å². The predicted octanol–water partition coefficient (Wildman–Crippen LogP) is 4.40. The van der Waals surface area contributed by atoms with Crippen LogP contribution in [0.15, 0.2) is 42.5 Å². The van der Waals surface area contributed by atoms with Crippen LogP contribution in [-0.4, -0.2) is 49.5 Å². The highest BCUT2D eigenvalue weighted by Crippen LogP contribution is 2.31. The van der Waals surface area contributed by atoms with Crippen molar-refractivity contribution in [3.63, 3.8) is 0 Å². The summed E-state index contributed by atoms with van der Waals surface area (Å²) in [5, 5.41) is 3.28. The fraction of sp³-hybridized carbons (Fsp3) is 0.417. The Morgan fingerprint density at radius 2 is 1.65 bits per heavy atom. The second-order valence-electron chi connectivity index (χ2n) is 9.29. The van der Waals surface area contributed by atoms with Crippen molar-refractivity contribution >= 4 is 50.7 Å². The summed E-state index contributed by atoms with van der Waals surface area (Å²) in [5.41, 5.74) is 1.45. The van der Waals surface area contributed by atoms with Crippen LogP contribution in [0.1, 0.15) is 38.8 Å². The van der Waals surface area contributed by atoms with Crippen LogP contribution in [0.2, 0.25) is 10.0 Å². The fourth-order valence-electron chi connectivity index (χ4n) is 3.22. The number of carbonyl (C=O) groups excluding carboxylic acids is 2. The lowest BCUT2D eigenvalue weighted by molar-refractivity contribution is -0.140. The van der Waals surface area contributed by atoms with E-state index in [0.717, 1.165) is 21.7 Å². The minimum atomic E-state index is -3.90. The van der Waals surface area contributed by atoms with E-state index in [2.05, 4.69) is 5.32 Å². The van der Waals surface area contributed by atoms with Crippen molar-refractivity contribution in [1.82, 2.24) is 10.2 Å². The molecule has 0 aliphatic carbocycles. The van der Waals surface area contributed by atoms with Crippen LogP contribution in [0.25, 0.3) is 0 Å². The van der Waals surface area contributed by atoms with Crippen molar-refractivity contribution in [2.45, 2.75) is 52.7 Å². The van der Waals surface area contributed by atoms with E-state index in [4.69, 9.17) is 23.2 Å². The summed E-state index contributed by atoms with van der Waals surface area (Å²) in [6.07, 6.45) is 0.984. The Balaban J connectivity index is 2.44. The van der Waals surface area contributed by atoms with Crippen molar-refractivity contribution in [1.29, 1.82) is 0 Å². The van der Waals surface area contributed by atoms with Crippen LogP contribution < -0.4 is 9.62 Å². The maximum Gasteiger partial charge on any atom is 0.244 e. The number of nitrogens with zero attached hydrogens (tertiary/aromatic N) is 2. The molecular weight excluding hydrogens is 497 g/mol. The zero-order valence-electron chi connectivity index (χ0n) is 20.2. The monoisotopic (exact) mass is 527 g/mol. The van der Waals surface area contributed by atoms with Gasteiger partial charge >= 0.3 is 0 Å². The number of benzene rings is 2. The lowest BCUT2D eigenvalue weighted by atomic mass is 10.1. The van der Waals surface area contributed by atoms with Gasteiger partial charge in [0.25, 0.3) is 0 Å². The summed E-state index contributed by atoms with van der Waals surface area (Å²) in [7, 11) is -3.90. The molecule has 0 spiro atoms. The van der Waals surface area contributed by atoms with Crippen LogP contribution in [0, 0.1) is 6.92 Å². The molecule has 2 rings (SSSR count). The standard InChI is InChI=1S/C24H31Cl2N3O4S/c1-16-7-9-18(10-8-16)14-28(17(2)23(31)27-24(3,4)5)22(30)15-29(34(6,32)33)21-13-19(25)11-12-20(21)26/h7-13,17H,14-15H2,1-6H3,(H,27,31)/t17-/m0/s1. The normalized spacial score (nSPS) is 12.7. The van der Waals surface area contributed by atoms with Crippen LogP contribution in [0.5, 0.6) is 0 Å². The third-order valence-electron chi connectivity index (χ3n) is 5.00. The number of hydrogen-bond donors (Lipinski definition) is 1. The van der Waals surface area contributed by atoms with Gasteiger partial charge in [-0.25, -0.2) is 8.42 Å². The van der Waals surface area contributed by atoms with Crippen molar-refractivity contribution in [3.05, 3.63) is 63.6 Å². The second kappa shape index (κ2) is 11.0. The van der Waals surface area contributed by atoms with Gasteiger partial charge in [0.15, 0.2) is 0 Å². The molecule has 1 N–H and O–H groups in total. The molecule has 0 saturated heterocycles. The molecule has 0 saturated carbocycles. The first-order chi connectivity index (χ1) is 15.6. The van der Waals surface area contributed by atoms with E-state index in [-0.39, 0.29) is 28.2 Å². The second-order valence-corrected chi connectivity index (χ2v) is 12.0. The van der Waals surface area contributed by atoms with Gasteiger partial charge in [-0.05, 0) is 58.4 Å². The molecule has 0 aliphatic rings. The first-order valence-electron chi connectivity index (χ1n) is 10.7. The number of rotatable bonds is 8. The summed E-state index contributed by atoms with van der Waals surface area (Å²) in [4.78, 5) is 27.8. The molecule has 34 heavy (non-hydrogen) atoms. The van der Waals surface area contributed by atoms with Gasteiger partial charge in [-0.15, -0.1) is 0 Å². The minimum absolute atomic E-state index is 0.0899. The molecule has 0 unspecified atom stereocenters. The SMILES string of the molecule is Cc1ccc(CN(C(=O)CN(c2cc(Cl)ccc2Cl)S(C)(=O)=O)[C@@H](C)C(=O)NC(C)(C)C)cc1. The number of amides is 2. The molecule has 0 heterocycles. The molecule has 0 aromatic heterocycles. The van der Waals surface area contributed by atoms with Gasteiger partial charge in [0, 0.05) is 17.1 Å². The van der Waals surface area contributed by atoms with Crippen molar-refractivity contribution < 1.29 is 18.0 Å². The van der Waals surface area contributed by atoms with Gasteiger partial charge in [-0.1, -0.05) is 53.0 Å². The lowest BCUT2D eigenvalue weighted by Crippen LogP contribution is -2.54. The molecule has 186 valence electrons. The lowest BCUT2D eigenvalue weighted by Gasteiger charge is -2.33. The van der Waals surface area contributed by atoms with Crippen LogP contribution in [0.3, 0.4) is 0 Å². The Morgan fingerprint density at radius 1 is 1.06 bits per heavy atom. The molecule has 0 radical (unpaired) electrons. The molecule has 0 bridgehead atoms. The third kappa shape index (κ3) is 7.89. The van der Waals surface area contributed by atoms with Crippen LogP contribution >= 0.6 is 23.2 Å². The largest absolute Gasteiger partial charge is 0.350 e. The van der Waals surface area contributed by atoms with Crippen molar-refractivity contribution in [2.75, 3.05) is 17.1 Å². The summed E-state index contributed by atoms with van der Waals surface area (Å²) in [6.45, 7) is 8.68. The van der Waals surface area contributed by atoms with Gasteiger partial charge in [0.1, 0.15) is 12.6 Å². The zero-order chi connectivity index (χ0) is 25.8. The smallest absolute Gasteiger partial charge is 0.244 e. The first kappa shape index (κ1) is 28.0. The Morgan fingerprint density at radius 3 is 2.18 bits per heavy atom. The molecule has 1 atom stereocenters.